The van der Waals surface area contributed by atoms with Crippen molar-refractivity contribution in [1.29, 1.82) is 0 Å². The van der Waals surface area contributed by atoms with E-state index >= 15 is 0 Å². The zero-order valence-electron chi connectivity index (χ0n) is 20.0. The minimum Gasteiger partial charge on any atom is -0.497 e. The molecule has 0 aliphatic rings. The van der Waals surface area contributed by atoms with Gasteiger partial charge in [0.25, 0.3) is 0 Å². The number of hydrogen-bond donors (Lipinski definition) is 3. The molecule has 36 heavy (non-hydrogen) atoms. The Kier molecular flexibility index (Phi) is 7.11. The summed E-state index contributed by atoms with van der Waals surface area (Å²) in [5.41, 5.74) is 9.48. The van der Waals surface area contributed by atoms with E-state index in [1.165, 1.54) is 13.2 Å². The average molecular weight is 498 g/mol. The summed E-state index contributed by atoms with van der Waals surface area (Å²) in [5, 5.41) is 10.4. The number of nitrogens with zero attached hydrogens (tertiary/aromatic N) is 4. The molecule has 0 unspecified atom stereocenters. The van der Waals surface area contributed by atoms with Gasteiger partial charge in [0.05, 0.1) is 18.9 Å². The topological polar surface area (TPSA) is 103 Å². The molecule has 11 heteroatoms. The third-order valence-electron chi connectivity index (χ3n) is 5.55. The molecule has 2 heterocycles. The minimum absolute atomic E-state index is 0.0608. The van der Waals surface area contributed by atoms with Crippen LogP contribution in [0.5, 0.6) is 5.75 Å². The van der Waals surface area contributed by atoms with Crippen LogP contribution in [0.15, 0.2) is 55.0 Å². The molecule has 4 N–H and O–H groups in total. The summed E-state index contributed by atoms with van der Waals surface area (Å²) in [6, 6.07) is 9.28. The predicted molar refractivity (Wildman–Crippen MR) is 133 cm³/mol. The van der Waals surface area contributed by atoms with E-state index in [9.17, 15) is 13.2 Å². The smallest absolute Gasteiger partial charge is 0.416 e. The number of rotatable bonds is 8. The molecular weight excluding hydrogens is 471 g/mol. The second-order valence-electron chi connectivity index (χ2n) is 8.24. The van der Waals surface area contributed by atoms with Gasteiger partial charge in [0.15, 0.2) is 0 Å². The van der Waals surface area contributed by atoms with E-state index in [-0.39, 0.29) is 17.4 Å². The van der Waals surface area contributed by atoms with Crippen molar-refractivity contribution in [2.45, 2.75) is 19.5 Å². The third-order valence-corrected chi connectivity index (χ3v) is 5.55. The lowest BCUT2D eigenvalue weighted by Gasteiger charge is -2.15. The molecule has 2 aromatic heterocycles. The number of aryl methyl sites for hydroxylation is 2. The van der Waals surface area contributed by atoms with Gasteiger partial charge in [-0.2, -0.15) is 23.3 Å². The SMILES string of the molecule is COc1cc(Nc2ncc(-c3cnn(C)c3)c(Nc3ccc(CCN)c(C)c3)n2)cc(C(F)(F)F)c1. The fourth-order valence-electron chi connectivity index (χ4n) is 3.74. The van der Waals surface area contributed by atoms with Crippen LogP contribution in [-0.4, -0.2) is 33.4 Å². The second-order valence-corrected chi connectivity index (χ2v) is 8.24. The fourth-order valence-corrected chi connectivity index (χ4v) is 3.74. The normalized spacial score (nSPS) is 11.4. The molecule has 0 fully saturated rings. The van der Waals surface area contributed by atoms with Gasteiger partial charge < -0.3 is 21.1 Å². The number of anilines is 4. The molecule has 4 rings (SSSR count). The molecule has 0 saturated heterocycles. The maximum atomic E-state index is 13.3. The number of hydrogen-bond acceptors (Lipinski definition) is 7. The summed E-state index contributed by atoms with van der Waals surface area (Å²) in [5.74, 6) is 0.638. The van der Waals surface area contributed by atoms with Gasteiger partial charge in [0.1, 0.15) is 11.6 Å². The van der Waals surface area contributed by atoms with E-state index in [2.05, 4.69) is 25.7 Å². The first kappa shape index (κ1) is 25.0. The first-order valence-corrected chi connectivity index (χ1v) is 11.1. The molecule has 0 atom stereocenters. The summed E-state index contributed by atoms with van der Waals surface area (Å²) in [7, 11) is 3.11. The third kappa shape index (κ3) is 5.74. The summed E-state index contributed by atoms with van der Waals surface area (Å²) in [4.78, 5) is 8.90. The molecule has 0 amide bonds. The summed E-state index contributed by atoms with van der Waals surface area (Å²) < 4.78 is 46.7. The number of ether oxygens (including phenoxy) is 1. The van der Waals surface area contributed by atoms with E-state index < -0.39 is 11.7 Å². The van der Waals surface area contributed by atoms with Gasteiger partial charge in [-0.05, 0) is 55.3 Å². The van der Waals surface area contributed by atoms with Gasteiger partial charge in [-0.15, -0.1) is 0 Å². The molecule has 188 valence electrons. The highest BCUT2D eigenvalue weighted by Gasteiger charge is 2.31. The van der Waals surface area contributed by atoms with E-state index in [0.717, 1.165) is 40.9 Å². The molecule has 8 nitrogen and oxygen atoms in total. The molecular formula is C25H26F3N7O. The highest BCUT2D eigenvalue weighted by molar-refractivity contribution is 5.78. The van der Waals surface area contributed by atoms with Gasteiger partial charge in [0, 0.05) is 48.0 Å². The van der Waals surface area contributed by atoms with Crippen LogP contribution in [0, 0.1) is 6.92 Å². The van der Waals surface area contributed by atoms with E-state index in [1.807, 2.05) is 31.3 Å². The Morgan fingerprint density at radius 3 is 2.50 bits per heavy atom. The predicted octanol–water partition coefficient (Wildman–Crippen LogP) is 5.20. The van der Waals surface area contributed by atoms with Crippen molar-refractivity contribution < 1.29 is 17.9 Å². The van der Waals surface area contributed by atoms with Crippen LogP contribution in [0.3, 0.4) is 0 Å². The van der Waals surface area contributed by atoms with Crippen LogP contribution in [0.1, 0.15) is 16.7 Å². The fraction of sp³-hybridized carbons (Fsp3) is 0.240. The van der Waals surface area contributed by atoms with Crippen molar-refractivity contribution in [3.63, 3.8) is 0 Å². The number of nitrogens with one attached hydrogen (secondary N) is 2. The van der Waals surface area contributed by atoms with Gasteiger partial charge >= 0.3 is 6.18 Å². The van der Waals surface area contributed by atoms with Crippen molar-refractivity contribution >= 4 is 23.1 Å². The molecule has 2 aromatic carbocycles. The highest BCUT2D eigenvalue weighted by Crippen LogP contribution is 2.35. The molecule has 0 spiro atoms. The van der Waals surface area contributed by atoms with Crippen molar-refractivity contribution in [3.05, 3.63) is 71.7 Å². The van der Waals surface area contributed by atoms with Gasteiger partial charge in [0.2, 0.25) is 5.95 Å². The lowest BCUT2D eigenvalue weighted by Crippen LogP contribution is -2.07. The molecule has 0 aliphatic carbocycles. The van der Waals surface area contributed by atoms with Crippen LogP contribution < -0.4 is 21.1 Å². The standard InChI is InChI=1S/C25H26F3N7O/c1-15-8-19(5-4-16(15)6-7-29)32-23-22(17-12-31-35(2)14-17)13-30-24(34-23)33-20-9-18(25(26,27)28)10-21(11-20)36-3/h4-5,8-14H,6-7,29H2,1-3H3,(H2,30,32,33,34). The van der Waals surface area contributed by atoms with Crippen LogP contribution >= 0.6 is 0 Å². The lowest BCUT2D eigenvalue weighted by atomic mass is 10.0. The zero-order valence-corrected chi connectivity index (χ0v) is 20.0. The molecule has 4 aromatic rings. The van der Waals surface area contributed by atoms with Crippen LogP contribution in [0.4, 0.5) is 36.3 Å². The Labute approximate surface area is 206 Å². The largest absolute Gasteiger partial charge is 0.497 e. The maximum Gasteiger partial charge on any atom is 0.416 e. The van der Waals surface area contributed by atoms with E-state index in [1.54, 1.807) is 24.1 Å². The van der Waals surface area contributed by atoms with Crippen LogP contribution in [0.25, 0.3) is 11.1 Å². The first-order chi connectivity index (χ1) is 17.2. The Hall–Kier alpha value is -4.12. The number of alkyl halides is 3. The molecule has 0 saturated carbocycles. The Bertz CT molecular complexity index is 1370. The van der Waals surface area contributed by atoms with Crippen molar-refractivity contribution in [3.8, 4) is 16.9 Å². The number of methoxy groups -OCH3 is 1. The van der Waals surface area contributed by atoms with Crippen molar-refractivity contribution in [2.75, 3.05) is 24.3 Å². The number of nitrogens with two attached hydrogens (primary N) is 1. The summed E-state index contributed by atoms with van der Waals surface area (Å²) >= 11 is 0. The maximum absolute atomic E-state index is 13.3. The highest BCUT2D eigenvalue weighted by atomic mass is 19.4. The Balaban J connectivity index is 1.71. The second kappa shape index (κ2) is 10.2. The van der Waals surface area contributed by atoms with E-state index in [4.69, 9.17) is 10.5 Å². The molecule has 0 radical (unpaired) electrons. The average Bonchev–Trinajstić information content (AvgIpc) is 3.26. The zero-order chi connectivity index (χ0) is 25.9. The summed E-state index contributed by atoms with van der Waals surface area (Å²) in [6.45, 7) is 2.56. The van der Waals surface area contributed by atoms with Crippen molar-refractivity contribution in [1.82, 2.24) is 19.7 Å². The van der Waals surface area contributed by atoms with Crippen molar-refractivity contribution in [2.24, 2.45) is 12.8 Å². The molecule has 0 bridgehead atoms. The number of halogens is 3. The quantitative estimate of drug-likeness (QED) is 0.307. The number of benzene rings is 2. The monoisotopic (exact) mass is 497 g/mol. The van der Waals surface area contributed by atoms with Crippen LogP contribution in [-0.2, 0) is 19.6 Å². The number of aromatic nitrogens is 4. The Morgan fingerprint density at radius 1 is 1.06 bits per heavy atom. The Morgan fingerprint density at radius 2 is 1.86 bits per heavy atom. The summed E-state index contributed by atoms with van der Waals surface area (Å²) in [6.07, 6.45) is 1.34. The van der Waals surface area contributed by atoms with Gasteiger partial charge in [-0.3, -0.25) is 4.68 Å². The van der Waals surface area contributed by atoms with Gasteiger partial charge in [-0.25, -0.2) is 4.98 Å². The van der Waals surface area contributed by atoms with Crippen LogP contribution in [0.2, 0.25) is 0 Å². The minimum atomic E-state index is -4.53. The van der Waals surface area contributed by atoms with E-state index in [0.29, 0.717) is 17.9 Å². The van der Waals surface area contributed by atoms with Gasteiger partial charge in [-0.1, -0.05) is 6.07 Å². The first-order valence-electron chi connectivity index (χ1n) is 11.1. The molecule has 0 aliphatic heterocycles. The lowest BCUT2D eigenvalue weighted by molar-refractivity contribution is -0.137.